The Morgan fingerprint density at radius 3 is 2.93 bits per heavy atom. The van der Waals surface area contributed by atoms with Gasteiger partial charge in [0.1, 0.15) is 23.0 Å². The lowest BCUT2D eigenvalue weighted by atomic mass is 10.1. The van der Waals surface area contributed by atoms with Crippen LogP contribution < -0.4 is 21.1 Å². The fourth-order valence-electron chi connectivity index (χ4n) is 2.78. The Morgan fingerprint density at radius 2 is 2.14 bits per heavy atom. The summed E-state index contributed by atoms with van der Waals surface area (Å²) in [7, 11) is 0. The van der Waals surface area contributed by atoms with Crippen LogP contribution in [-0.2, 0) is 11.3 Å². The van der Waals surface area contributed by atoms with Crippen LogP contribution in [0.3, 0.4) is 0 Å². The van der Waals surface area contributed by atoms with Crippen molar-refractivity contribution >= 4 is 35.1 Å². The zero-order chi connectivity index (χ0) is 19.8. The Labute approximate surface area is 157 Å². The predicted octanol–water partition coefficient (Wildman–Crippen LogP) is 0.271. The quantitative estimate of drug-likeness (QED) is 0.500. The highest BCUT2D eigenvalue weighted by Gasteiger charge is 2.19. The van der Waals surface area contributed by atoms with Gasteiger partial charge < -0.3 is 26.2 Å². The van der Waals surface area contributed by atoms with Gasteiger partial charge >= 0.3 is 5.97 Å². The highest BCUT2D eigenvalue weighted by Crippen LogP contribution is 2.28. The molecule has 0 radical (unpaired) electrons. The molecule has 4 rings (SSSR count). The van der Waals surface area contributed by atoms with Gasteiger partial charge in [-0.25, -0.2) is 9.78 Å². The lowest BCUT2D eigenvalue weighted by Gasteiger charge is -2.18. The summed E-state index contributed by atoms with van der Waals surface area (Å²) >= 11 is 0. The van der Waals surface area contributed by atoms with Gasteiger partial charge in [0.25, 0.3) is 11.8 Å². The number of ether oxygens (including phenoxy) is 1. The molecule has 0 saturated carbocycles. The highest BCUT2D eigenvalue weighted by molar-refractivity contribution is 5.96. The summed E-state index contributed by atoms with van der Waals surface area (Å²) in [6.45, 7) is 0.0925. The molecule has 0 saturated heterocycles. The summed E-state index contributed by atoms with van der Waals surface area (Å²) in [6, 6.07) is 6.26. The fourth-order valence-corrected chi connectivity index (χ4v) is 2.78. The smallest absolute Gasteiger partial charge is 0.353 e. The summed E-state index contributed by atoms with van der Waals surface area (Å²) in [6.07, 6.45) is 1.32. The number of benzene rings is 1. The number of carboxylic acids is 1. The molecule has 0 fully saturated rings. The van der Waals surface area contributed by atoms with Crippen LogP contribution in [0.15, 0.2) is 30.5 Å². The third kappa shape index (κ3) is 3.16. The molecule has 2 aromatic heterocycles. The molecule has 1 aromatic carbocycles. The second-order valence-electron chi connectivity index (χ2n) is 6.02. The molecule has 11 nitrogen and oxygen atoms in total. The van der Waals surface area contributed by atoms with Crippen LogP contribution in [0.4, 0.5) is 11.5 Å². The lowest BCUT2D eigenvalue weighted by Crippen LogP contribution is -2.27. The maximum Gasteiger partial charge on any atom is 0.353 e. The number of nitrogen functional groups attached to an aromatic ring is 1. The standard InChI is InChI=1S/C17H14N6O5/c18-13-6-23-11(16(26)27)4-10(21-17(23)22-13)15(25)19-5-8-1-2-12-9(3-8)20-14(24)7-28-12/h1-4,6H,5,7,18H2,(H,19,25)(H,20,24)(H,26,27). The molecule has 0 aliphatic carbocycles. The SMILES string of the molecule is Nc1cn2c(C(=O)O)cc(C(=O)NCc3ccc4c(c3)NC(=O)CO4)nc2n1. The number of fused-ring (bicyclic) bond motifs is 2. The van der Waals surface area contributed by atoms with Crippen molar-refractivity contribution < 1.29 is 24.2 Å². The molecule has 3 aromatic rings. The third-order valence-electron chi connectivity index (χ3n) is 4.04. The Bertz CT molecular complexity index is 1140. The number of amides is 2. The Morgan fingerprint density at radius 1 is 1.32 bits per heavy atom. The van der Waals surface area contributed by atoms with Crippen LogP contribution in [0.2, 0.25) is 0 Å². The Hall–Kier alpha value is -4.15. The number of imidazole rings is 1. The van der Waals surface area contributed by atoms with Gasteiger partial charge in [0.2, 0.25) is 5.78 Å². The predicted molar refractivity (Wildman–Crippen MR) is 96.1 cm³/mol. The first-order valence-electron chi connectivity index (χ1n) is 8.13. The van der Waals surface area contributed by atoms with Crippen molar-refractivity contribution in [3.63, 3.8) is 0 Å². The van der Waals surface area contributed by atoms with Crippen molar-refractivity contribution in [2.24, 2.45) is 0 Å². The number of carboxylic acid groups (broad SMARTS) is 1. The van der Waals surface area contributed by atoms with Gasteiger partial charge in [-0.15, -0.1) is 0 Å². The van der Waals surface area contributed by atoms with Gasteiger partial charge in [0.15, 0.2) is 6.61 Å². The topological polar surface area (TPSA) is 161 Å². The van der Waals surface area contributed by atoms with E-state index in [1.165, 1.54) is 10.6 Å². The third-order valence-corrected chi connectivity index (χ3v) is 4.04. The Balaban J connectivity index is 1.55. The van der Waals surface area contributed by atoms with Crippen molar-refractivity contribution in [2.75, 3.05) is 17.7 Å². The summed E-state index contributed by atoms with van der Waals surface area (Å²) in [5.41, 5.74) is 6.51. The van der Waals surface area contributed by atoms with E-state index in [2.05, 4.69) is 20.6 Å². The first-order valence-corrected chi connectivity index (χ1v) is 8.13. The Kier molecular flexibility index (Phi) is 4.03. The molecule has 2 amide bonds. The monoisotopic (exact) mass is 382 g/mol. The van der Waals surface area contributed by atoms with Crippen molar-refractivity contribution in [1.29, 1.82) is 0 Å². The van der Waals surface area contributed by atoms with Crippen molar-refractivity contribution in [3.05, 3.63) is 47.4 Å². The number of aromatic nitrogens is 3. The zero-order valence-electron chi connectivity index (χ0n) is 14.3. The summed E-state index contributed by atoms with van der Waals surface area (Å²) in [5, 5.41) is 14.7. The van der Waals surface area contributed by atoms with E-state index >= 15 is 0 Å². The number of carbonyl (C=O) groups excluding carboxylic acids is 2. The van der Waals surface area contributed by atoms with Gasteiger partial charge in [0.05, 0.1) is 11.9 Å². The van der Waals surface area contributed by atoms with Crippen LogP contribution in [0.25, 0.3) is 5.78 Å². The normalized spacial score (nSPS) is 12.8. The van der Waals surface area contributed by atoms with E-state index in [9.17, 15) is 19.5 Å². The number of hydrogen-bond donors (Lipinski definition) is 4. The van der Waals surface area contributed by atoms with Crippen LogP contribution in [0.1, 0.15) is 26.5 Å². The number of nitrogens with zero attached hydrogens (tertiary/aromatic N) is 3. The minimum atomic E-state index is -1.25. The molecule has 0 unspecified atom stereocenters. The van der Waals surface area contributed by atoms with E-state index < -0.39 is 11.9 Å². The van der Waals surface area contributed by atoms with E-state index in [-0.39, 0.29) is 42.0 Å². The second kappa shape index (κ2) is 6.54. The maximum atomic E-state index is 12.5. The van der Waals surface area contributed by atoms with E-state index in [1.807, 2.05) is 0 Å². The van der Waals surface area contributed by atoms with Gasteiger partial charge in [-0.3, -0.25) is 14.0 Å². The molecular formula is C17H14N6O5. The number of rotatable bonds is 4. The maximum absolute atomic E-state index is 12.5. The average molecular weight is 382 g/mol. The first kappa shape index (κ1) is 17.3. The van der Waals surface area contributed by atoms with Crippen molar-refractivity contribution in [2.45, 2.75) is 6.54 Å². The number of aromatic carboxylic acids is 1. The first-order chi connectivity index (χ1) is 13.4. The second-order valence-corrected chi connectivity index (χ2v) is 6.02. The molecule has 142 valence electrons. The minimum absolute atomic E-state index is 0.0104. The number of anilines is 2. The molecule has 1 aliphatic heterocycles. The number of hydrogen-bond acceptors (Lipinski definition) is 7. The zero-order valence-corrected chi connectivity index (χ0v) is 14.3. The summed E-state index contributed by atoms with van der Waals surface area (Å²) in [4.78, 5) is 43.3. The number of carbonyl (C=O) groups is 3. The lowest BCUT2D eigenvalue weighted by molar-refractivity contribution is -0.118. The van der Waals surface area contributed by atoms with Crippen molar-refractivity contribution in [1.82, 2.24) is 19.7 Å². The molecule has 0 atom stereocenters. The number of nitrogens with one attached hydrogen (secondary N) is 2. The van der Waals surface area contributed by atoms with E-state index in [4.69, 9.17) is 10.5 Å². The molecule has 11 heteroatoms. The van der Waals surface area contributed by atoms with Crippen LogP contribution in [-0.4, -0.2) is 43.9 Å². The molecule has 0 bridgehead atoms. The fraction of sp³-hybridized carbons (Fsp3) is 0.118. The minimum Gasteiger partial charge on any atom is -0.482 e. The molecule has 1 aliphatic rings. The summed E-state index contributed by atoms with van der Waals surface area (Å²) < 4.78 is 6.47. The molecular weight excluding hydrogens is 368 g/mol. The average Bonchev–Trinajstić information content (AvgIpc) is 3.04. The molecule has 5 N–H and O–H groups in total. The van der Waals surface area contributed by atoms with Gasteiger partial charge in [-0.05, 0) is 17.7 Å². The van der Waals surface area contributed by atoms with Gasteiger partial charge in [-0.1, -0.05) is 6.07 Å². The number of nitrogens with two attached hydrogens (primary N) is 1. The van der Waals surface area contributed by atoms with Gasteiger partial charge in [0, 0.05) is 12.6 Å². The van der Waals surface area contributed by atoms with Crippen LogP contribution in [0, 0.1) is 0 Å². The highest BCUT2D eigenvalue weighted by atomic mass is 16.5. The molecule has 3 heterocycles. The van der Waals surface area contributed by atoms with E-state index in [0.717, 1.165) is 6.07 Å². The largest absolute Gasteiger partial charge is 0.482 e. The van der Waals surface area contributed by atoms with Crippen LogP contribution >= 0.6 is 0 Å². The van der Waals surface area contributed by atoms with E-state index in [1.54, 1.807) is 18.2 Å². The van der Waals surface area contributed by atoms with Crippen LogP contribution in [0.5, 0.6) is 5.75 Å². The van der Waals surface area contributed by atoms with Gasteiger partial charge in [-0.2, -0.15) is 4.98 Å². The van der Waals surface area contributed by atoms with Crippen molar-refractivity contribution in [3.8, 4) is 5.75 Å². The molecule has 28 heavy (non-hydrogen) atoms. The summed E-state index contributed by atoms with van der Waals surface area (Å²) in [5.74, 6) is -1.44. The molecule has 0 spiro atoms. The van der Waals surface area contributed by atoms with E-state index in [0.29, 0.717) is 17.0 Å².